The zero-order chi connectivity index (χ0) is 8.39. The van der Waals surface area contributed by atoms with Crippen LogP contribution in [0.3, 0.4) is 0 Å². The molecule has 0 saturated carbocycles. The Bertz CT molecular complexity index is 399. The van der Waals surface area contributed by atoms with Gasteiger partial charge in [-0.2, -0.15) is 0 Å². The molecular formula is C8H7N4. The first kappa shape index (κ1) is 7.09. The van der Waals surface area contributed by atoms with Crippen LogP contribution < -0.4 is 0 Å². The molecule has 0 aliphatic heterocycles. The summed E-state index contributed by atoms with van der Waals surface area (Å²) in [4.78, 5) is 16.3. The largest absolute Gasteiger partial charge is 0.250 e. The molecule has 0 fully saturated rings. The lowest BCUT2D eigenvalue weighted by atomic mass is 10.4. The third kappa shape index (κ3) is 1.11. The summed E-state index contributed by atoms with van der Waals surface area (Å²) in [6, 6.07) is 0. The summed E-state index contributed by atoms with van der Waals surface area (Å²) >= 11 is 0. The Morgan fingerprint density at radius 3 is 2.83 bits per heavy atom. The zero-order valence-corrected chi connectivity index (χ0v) is 6.44. The molecule has 0 spiro atoms. The Labute approximate surface area is 69.7 Å². The summed E-state index contributed by atoms with van der Waals surface area (Å²) in [5.41, 5.74) is 1.35. The Balaban J connectivity index is 2.67. The van der Waals surface area contributed by atoms with Gasteiger partial charge >= 0.3 is 0 Å². The molecule has 1 radical (unpaired) electrons. The van der Waals surface area contributed by atoms with Crippen LogP contribution in [-0.2, 0) is 6.42 Å². The van der Waals surface area contributed by atoms with E-state index in [2.05, 4.69) is 26.9 Å². The Kier molecular flexibility index (Phi) is 1.66. The minimum absolute atomic E-state index is 0.576. The minimum atomic E-state index is 0.576. The molecule has 0 bridgehead atoms. The van der Waals surface area contributed by atoms with Crippen molar-refractivity contribution in [2.24, 2.45) is 0 Å². The SMILES string of the molecule is [CH2]Cc1ncc2nccnc2n1. The van der Waals surface area contributed by atoms with Gasteiger partial charge in [0.15, 0.2) is 5.65 Å². The average molecular weight is 159 g/mol. The summed E-state index contributed by atoms with van der Waals surface area (Å²) < 4.78 is 0. The van der Waals surface area contributed by atoms with Gasteiger partial charge in [0, 0.05) is 18.8 Å². The van der Waals surface area contributed by atoms with E-state index in [1.54, 1.807) is 18.6 Å². The fraction of sp³-hybridized carbons (Fsp3) is 0.125. The summed E-state index contributed by atoms with van der Waals surface area (Å²) in [5, 5.41) is 0. The predicted octanol–water partition coefficient (Wildman–Crippen LogP) is 0.796. The summed E-state index contributed by atoms with van der Waals surface area (Å²) in [6.45, 7) is 3.69. The van der Waals surface area contributed by atoms with E-state index in [-0.39, 0.29) is 0 Å². The second-order valence-corrected chi connectivity index (χ2v) is 2.30. The quantitative estimate of drug-likeness (QED) is 0.617. The van der Waals surface area contributed by atoms with Gasteiger partial charge < -0.3 is 0 Å². The van der Waals surface area contributed by atoms with Gasteiger partial charge in [0.05, 0.1) is 6.20 Å². The van der Waals surface area contributed by atoms with Crippen LogP contribution in [0.5, 0.6) is 0 Å². The topological polar surface area (TPSA) is 51.6 Å². The predicted molar refractivity (Wildman–Crippen MR) is 44.2 cm³/mol. The van der Waals surface area contributed by atoms with Crippen molar-refractivity contribution in [1.82, 2.24) is 19.9 Å². The zero-order valence-electron chi connectivity index (χ0n) is 6.44. The Morgan fingerprint density at radius 1 is 1.17 bits per heavy atom. The normalized spacial score (nSPS) is 10.4. The van der Waals surface area contributed by atoms with Gasteiger partial charge in [0.1, 0.15) is 11.3 Å². The maximum absolute atomic E-state index is 4.15. The highest BCUT2D eigenvalue weighted by Crippen LogP contribution is 2.02. The fourth-order valence-electron chi connectivity index (χ4n) is 0.926. The number of fused-ring (bicyclic) bond motifs is 1. The van der Waals surface area contributed by atoms with Crippen molar-refractivity contribution < 1.29 is 0 Å². The average Bonchev–Trinajstić information content (AvgIpc) is 2.17. The monoisotopic (exact) mass is 159 g/mol. The molecule has 4 nitrogen and oxygen atoms in total. The molecular weight excluding hydrogens is 152 g/mol. The number of rotatable bonds is 1. The molecule has 2 rings (SSSR count). The molecule has 0 aliphatic carbocycles. The van der Waals surface area contributed by atoms with E-state index in [0.717, 1.165) is 5.52 Å². The van der Waals surface area contributed by atoms with Crippen LogP contribution >= 0.6 is 0 Å². The van der Waals surface area contributed by atoms with E-state index in [9.17, 15) is 0 Å². The van der Waals surface area contributed by atoms with Crippen molar-refractivity contribution in [2.45, 2.75) is 6.42 Å². The molecule has 2 aromatic heterocycles. The summed E-state index contributed by atoms with van der Waals surface area (Å²) in [5.74, 6) is 0.697. The van der Waals surface area contributed by atoms with Crippen LogP contribution in [0.2, 0.25) is 0 Å². The Morgan fingerprint density at radius 2 is 2.00 bits per heavy atom. The van der Waals surface area contributed by atoms with E-state index in [1.165, 1.54) is 0 Å². The van der Waals surface area contributed by atoms with Crippen LogP contribution in [0, 0.1) is 6.92 Å². The fourth-order valence-corrected chi connectivity index (χ4v) is 0.926. The molecule has 0 amide bonds. The molecule has 2 aromatic rings. The lowest BCUT2D eigenvalue weighted by molar-refractivity contribution is 0.996. The van der Waals surface area contributed by atoms with E-state index < -0.39 is 0 Å². The highest BCUT2D eigenvalue weighted by Gasteiger charge is 1.97. The van der Waals surface area contributed by atoms with Crippen molar-refractivity contribution in [3.8, 4) is 0 Å². The lowest BCUT2D eigenvalue weighted by Gasteiger charge is -1.95. The van der Waals surface area contributed by atoms with Crippen molar-refractivity contribution >= 4 is 11.2 Å². The number of aromatic nitrogens is 4. The molecule has 0 unspecified atom stereocenters. The molecule has 0 aliphatic rings. The summed E-state index contributed by atoms with van der Waals surface area (Å²) in [7, 11) is 0. The first-order valence-corrected chi connectivity index (χ1v) is 3.62. The second-order valence-electron chi connectivity index (χ2n) is 2.30. The third-order valence-corrected chi connectivity index (χ3v) is 1.50. The van der Waals surface area contributed by atoms with Crippen LogP contribution in [-0.4, -0.2) is 19.9 Å². The maximum Gasteiger partial charge on any atom is 0.181 e. The highest BCUT2D eigenvalue weighted by atomic mass is 15.0. The molecule has 0 atom stereocenters. The second kappa shape index (κ2) is 2.81. The molecule has 4 heteroatoms. The Hall–Kier alpha value is -1.58. The van der Waals surface area contributed by atoms with Crippen LogP contribution in [0.4, 0.5) is 0 Å². The van der Waals surface area contributed by atoms with Crippen molar-refractivity contribution in [1.29, 1.82) is 0 Å². The molecule has 2 heterocycles. The van der Waals surface area contributed by atoms with E-state index in [1.807, 2.05) is 0 Å². The number of hydrogen-bond donors (Lipinski definition) is 0. The van der Waals surface area contributed by atoms with E-state index in [4.69, 9.17) is 0 Å². The maximum atomic E-state index is 4.15. The van der Waals surface area contributed by atoms with Crippen molar-refractivity contribution in [3.05, 3.63) is 31.3 Å². The third-order valence-electron chi connectivity index (χ3n) is 1.50. The molecule has 59 valence electrons. The highest BCUT2D eigenvalue weighted by molar-refractivity contribution is 5.67. The first-order valence-electron chi connectivity index (χ1n) is 3.62. The molecule has 0 saturated heterocycles. The van der Waals surface area contributed by atoms with Gasteiger partial charge in [0.2, 0.25) is 0 Å². The van der Waals surface area contributed by atoms with Gasteiger partial charge in [-0.25, -0.2) is 19.9 Å². The number of nitrogens with zero attached hydrogens (tertiary/aromatic N) is 4. The molecule has 0 N–H and O–H groups in total. The number of hydrogen-bond acceptors (Lipinski definition) is 4. The van der Waals surface area contributed by atoms with Crippen LogP contribution in [0.1, 0.15) is 5.82 Å². The van der Waals surface area contributed by atoms with E-state index >= 15 is 0 Å². The van der Waals surface area contributed by atoms with Crippen LogP contribution in [0.15, 0.2) is 18.6 Å². The molecule has 12 heavy (non-hydrogen) atoms. The van der Waals surface area contributed by atoms with Crippen molar-refractivity contribution in [2.75, 3.05) is 0 Å². The van der Waals surface area contributed by atoms with Crippen molar-refractivity contribution in [3.63, 3.8) is 0 Å². The van der Waals surface area contributed by atoms with Gasteiger partial charge in [0.25, 0.3) is 0 Å². The van der Waals surface area contributed by atoms with Gasteiger partial charge in [-0.05, 0) is 6.92 Å². The standard InChI is InChI=1S/C8H7N4/c1-2-7-11-5-6-8(12-7)10-4-3-9-6/h3-5H,1-2H2. The smallest absolute Gasteiger partial charge is 0.181 e. The van der Waals surface area contributed by atoms with Gasteiger partial charge in [-0.1, -0.05) is 0 Å². The summed E-state index contributed by atoms with van der Waals surface area (Å²) in [6.07, 6.45) is 5.47. The van der Waals surface area contributed by atoms with Gasteiger partial charge in [-0.15, -0.1) is 0 Å². The van der Waals surface area contributed by atoms with E-state index in [0.29, 0.717) is 17.9 Å². The minimum Gasteiger partial charge on any atom is -0.250 e. The first-order chi connectivity index (χ1) is 5.90. The van der Waals surface area contributed by atoms with Gasteiger partial charge in [-0.3, -0.25) is 0 Å². The lowest BCUT2D eigenvalue weighted by Crippen LogP contribution is -1.95. The molecule has 0 aromatic carbocycles. The van der Waals surface area contributed by atoms with Crippen LogP contribution in [0.25, 0.3) is 11.2 Å².